The normalized spacial score (nSPS) is 12.7. The summed E-state index contributed by atoms with van der Waals surface area (Å²) in [6, 6.07) is 0. The minimum Gasteiger partial charge on any atom is -0.394 e. The Morgan fingerprint density at radius 1 is 0.818 bits per heavy atom. The molecule has 1 unspecified atom stereocenters. The van der Waals surface area contributed by atoms with Crippen molar-refractivity contribution in [2.45, 2.75) is 83.7 Å². The summed E-state index contributed by atoms with van der Waals surface area (Å²) in [6.07, 6.45) is 14.7. The van der Waals surface area contributed by atoms with E-state index >= 15 is 0 Å². The Hall–Kier alpha value is 0.170. The Morgan fingerprint density at radius 3 is 1.95 bits per heavy atom. The lowest BCUT2D eigenvalue weighted by Crippen LogP contribution is -2.18. The number of rotatable bonds is 18. The molecule has 1 N–H and O–H groups in total. The molecule has 0 spiro atoms. The molecule has 0 aromatic carbocycles. The molecule has 4 heteroatoms. The first-order chi connectivity index (χ1) is 10.8. The number of alkyl halides is 1. The summed E-state index contributed by atoms with van der Waals surface area (Å²) < 4.78 is 10.8. The molecule has 0 radical (unpaired) electrons. The molecule has 0 aromatic heterocycles. The van der Waals surface area contributed by atoms with Crippen molar-refractivity contribution in [3.8, 4) is 0 Å². The number of aliphatic hydroxyl groups excluding tert-OH is 1. The van der Waals surface area contributed by atoms with Gasteiger partial charge in [0.15, 0.2) is 0 Å². The predicted molar refractivity (Wildman–Crippen MR) is 94.8 cm³/mol. The number of hydrogen-bond acceptors (Lipinski definition) is 3. The van der Waals surface area contributed by atoms with E-state index in [4.69, 9.17) is 26.2 Å². The van der Waals surface area contributed by atoms with E-state index in [1.54, 1.807) is 0 Å². The highest BCUT2D eigenvalue weighted by molar-refractivity contribution is 6.18. The third-order valence-corrected chi connectivity index (χ3v) is 4.21. The van der Waals surface area contributed by atoms with Crippen LogP contribution in [0.4, 0.5) is 0 Å². The lowest BCUT2D eigenvalue weighted by atomic mass is 10.0. The van der Waals surface area contributed by atoms with Crippen LogP contribution in [0, 0.1) is 0 Å². The third kappa shape index (κ3) is 16.5. The fourth-order valence-electron chi connectivity index (χ4n) is 2.50. The van der Waals surface area contributed by atoms with Gasteiger partial charge >= 0.3 is 0 Å². The molecular weight excluding hydrogens is 300 g/mol. The number of aliphatic hydroxyl groups is 1. The van der Waals surface area contributed by atoms with Crippen LogP contribution in [0.5, 0.6) is 0 Å². The van der Waals surface area contributed by atoms with Gasteiger partial charge in [-0.3, -0.25) is 0 Å². The van der Waals surface area contributed by atoms with Gasteiger partial charge in [0.1, 0.15) is 0 Å². The first-order valence-corrected chi connectivity index (χ1v) is 9.74. The van der Waals surface area contributed by atoms with E-state index < -0.39 is 0 Å². The van der Waals surface area contributed by atoms with Gasteiger partial charge in [0, 0.05) is 5.88 Å². The zero-order valence-electron chi connectivity index (χ0n) is 14.5. The van der Waals surface area contributed by atoms with Crippen molar-refractivity contribution in [1.82, 2.24) is 0 Å². The second-order valence-corrected chi connectivity index (χ2v) is 6.26. The van der Waals surface area contributed by atoms with Gasteiger partial charge in [-0.05, 0) is 6.42 Å². The van der Waals surface area contributed by atoms with E-state index in [1.165, 1.54) is 64.2 Å². The summed E-state index contributed by atoms with van der Waals surface area (Å²) in [5, 5.41) is 8.59. The summed E-state index contributed by atoms with van der Waals surface area (Å²) in [5.41, 5.74) is 0. The maximum absolute atomic E-state index is 8.59. The highest BCUT2D eigenvalue weighted by Crippen LogP contribution is 2.13. The van der Waals surface area contributed by atoms with Gasteiger partial charge in [-0.15, -0.1) is 11.6 Å². The second-order valence-electron chi connectivity index (χ2n) is 5.95. The highest BCUT2D eigenvalue weighted by Gasteiger charge is 2.07. The largest absolute Gasteiger partial charge is 0.394 e. The molecule has 22 heavy (non-hydrogen) atoms. The Morgan fingerprint density at radius 2 is 1.41 bits per heavy atom. The minimum absolute atomic E-state index is 0.0670. The summed E-state index contributed by atoms with van der Waals surface area (Å²) in [4.78, 5) is 0. The fourth-order valence-corrected chi connectivity index (χ4v) is 2.75. The fraction of sp³-hybridized carbons (Fsp3) is 1.00. The Kier molecular flexibility index (Phi) is 19.4. The average Bonchev–Trinajstić information content (AvgIpc) is 2.54. The second kappa shape index (κ2) is 19.2. The molecule has 0 rings (SSSR count). The van der Waals surface area contributed by atoms with Gasteiger partial charge < -0.3 is 14.6 Å². The van der Waals surface area contributed by atoms with E-state index in [-0.39, 0.29) is 12.7 Å². The van der Waals surface area contributed by atoms with E-state index in [1.807, 2.05) is 0 Å². The number of halogens is 1. The van der Waals surface area contributed by atoms with Crippen LogP contribution in [0.15, 0.2) is 0 Å². The molecule has 0 aliphatic carbocycles. The van der Waals surface area contributed by atoms with Crippen LogP contribution < -0.4 is 0 Å². The average molecular weight is 337 g/mol. The molecule has 134 valence electrons. The smallest absolute Gasteiger partial charge is 0.0711 e. The van der Waals surface area contributed by atoms with Crippen LogP contribution in [0.2, 0.25) is 0 Å². The van der Waals surface area contributed by atoms with Gasteiger partial charge in [0.2, 0.25) is 0 Å². The molecule has 0 aliphatic rings. The number of hydrogen-bond donors (Lipinski definition) is 1. The van der Waals surface area contributed by atoms with Crippen molar-refractivity contribution in [3.05, 3.63) is 0 Å². The number of ether oxygens (including phenoxy) is 2. The molecule has 0 fully saturated rings. The minimum atomic E-state index is 0.0670. The maximum Gasteiger partial charge on any atom is 0.0711 e. The van der Waals surface area contributed by atoms with Crippen molar-refractivity contribution >= 4 is 11.6 Å². The summed E-state index contributed by atoms with van der Waals surface area (Å²) in [6.45, 7) is 3.81. The lowest BCUT2D eigenvalue weighted by Gasteiger charge is -2.15. The SMILES string of the molecule is CCCCCCCCCCCCC(CCl)OCCOCCO. The van der Waals surface area contributed by atoms with E-state index in [9.17, 15) is 0 Å². The van der Waals surface area contributed by atoms with Crippen molar-refractivity contribution in [3.63, 3.8) is 0 Å². The standard InChI is InChI=1S/C18H37ClO3/c1-2-3-4-5-6-7-8-9-10-11-12-18(17-19)22-16-15-21-14-13-20/h18,20H,2-17H2,1H3. The van der Waals surface area contributed by atoms with Crippen molar-refractivity contribution in [1.29, 1.82) is 0 Å². The predicted octanol–water partition coefficient (Wildman–Crippen LogP) is 4.93. The van der Waals surface area contributed by atoms with E-state index in [0.29, 0.717) is 25.7 Å². The van der Waals surface area contributed by atoms with Crippen molar-refractivity contribution in [2.75, 3.05) is 32.3 Å². The molecule has 0 aromatic rings. The molecular formula is C18H37ClO3. The Bertz CT molecular complexity index is 203. The van der Waals surface area contributed by atoms with Gasteiger partial charge in [-0.2, -0.15) is 0 Å². The first-order valence-electron chi connectivity index (χ1n) is 9.21. The van der Waals surface area contributed by atoms with Crippen LogP contribution in [0.3, 0.4) is 0 Å². The van der Waals surface area contributed by atoms with Crippen LogP contribution in [0.1, 0.15) is 77.6 Å². The lowest BCUT2D eigenvalue weighted by molar-refractivity contribution is 0.00202. The molecule has 0 saturated heterocycles. The summed E-state index contributed by atoms with van der Waals surface area (Å²) in [7, 11) is 0. The van der Waals surface area contributed by atoms with Gasteiger partial charge in [-0.1, -0.05) is 71.1 Å². The summed E-state index contributed by atoms with van der Waals surface area (Å²) in [5.74, 6) is 0.553. The Labute approximate surface area is 142 Å². The van der Waals surface area contributed by atoms with Crippen molar-refractivity contribution in [2.24, 2.45) is 0 Å². The topological polar surface area (TPSA) is 38.7 Å². The zero-order chi connectivity index (χ0) is 16.3. The molecule has 0 bridgehead atoms. The molecule has 0 amide bonds. The van der Waals surface area contributed by atoms with Gasteiger partial charge in [0.25, 0.3) is 0 Å². The van der Waals surface area contributed by atoms with E-state index in [0.717, 1.165) is 6.42 Å². The van der Waals surface area contributed by atoms with Crippen LogP contribution in [0.25, 0.3) is 0 Å². The van der Waals surface area contributed by atoms with Gasteiger partial charge in [-0.25, -0.2) is 0 Å². The molecule has 0 aliphatic heterocycles. The highest BCUT2D eigenvalue weighted by atomic mass is 35.5. The van der Waals surface area contributed by atoms with Gasteiger partial charge in [0.05, 0.1) is 32.5 Å². The van der Waals surface area contributed by atoms with Crippen LogP contribution in [-0.2, 0) is 9.47 Å². The monoisotopic (exact) mass is 336 g/mol. The van der Waals surface area contributed by atoms with Crippen LogP contribution >= 0.6 is 11.6 Å². The molecule has 0 saturated carbocycles. The molecule has 1 atom stereocenters. The van der Waals surface area contributed by atoms with Crippen molar-refractivity contribution < 1.29 is 14.6 Å². The maximum atomic E-state index is 8.59. The van der Waals surface area contributed by atoms with E-state index in [2.05, 4.69) is 6.92 Å². The summed E-state index contributed by atoms with van der Waals surface area (Å²) >= 11 is 5.92. The molecule has 3 nitrogen and oxygen atoms in total. The molecule has 0 heterocycles. The Balaban J connectivity index is 3.25. The quantitative estimate of drug-likeness (QED) is 0.285. The first kappa shape index (κ1) is 22.2. The number of unbranched alkanes of at least 4 members (excludes halogenated alkanes) is 9. The zero-order valence-corrected chi connectivity index (χ0v) is 15.3. The van der Waals surface area contributed by atoms with Crippen LogP contribution in [-0.4, -0.2) is 43.5 Å². The third-order valence-electron chi connectivity index (χ3n) is 3.87.